The fraction of sp³-hybridized carbons (Fsp3) is 0.273. The van der Waals surface area contributed by atoms with E-state index in [2.05, 4.69) is 26.0 Å². The summed E-state index contributed by atoms with van der Waals surface area (Å²) < 4.78 is 5.37. The van der Waals surface area contributed by atoms with E-state index < -0.39 is 0 Å². The molecule has 4 aromatic rings. The van der Waals surface area contributed by atoms with Crippen LogP contribution in [0.25, 0.3) is 22.3 Å². The molecule has 1 saturated heterocycles. The standard InChI is InChI=1S/C22H22N6O/c1-16-13-18(29-26-16)15-27-9-11-28(12-10-27)22-19-6-2-3-7-20(19)24-21(25-22)17-5-4-8-23-14-17/h2-8,13-14H,9-12,15H2,1H3. The number of rotatable bonds is 4. The van der Waals surface area contributed by atoms with Gasteiger partial charge in [0.15, 0.2) is 11.6 Å². The third-order valence-corrected chi connectivity index (χ3v) is 5.23. The van der Waals surface area contributed by atoms with E-state index >= 15 is 0 Å². The second-order valence-electron chi connectivity index (χ2n) is 7.33. The maximum atomic E-state index is 5.37. The smallest absolute Gasteiger partial charge is 0.163 e. The van der Waals surface area contributed by atoms with E-state index in [1.807, 2.05) is 49.5 Å². The van der Waals surface area contributed by atoms with Gasteiger partial charge in [-0.05, 0) is 31.2 Å². The number of anilines is 1. The van der Waals surface area contributed by atoms with Gasteiger partial charge in [-0.2, -0.15) is 0 Å². The van der Waals surface area contributed by atoms with Crippen LogP contribution in [0.4, 0.5) is 5.82 Å². The van der Waals surface area contributed by atoms with Gasteiger partial charge in [-0.1, -0.05) is 17.3 Å². The molecule has 146 valence electrons. The second kappa shape index (κ2) is 7.60. The Labute approximate surface area is 169 Å². The van der Waals surface area contributed by atoms with Crippen LogP contribution in [0.15, 0.2) is 59.4 Å². The van der Waals surface area contributed by atoms with Gasteiger partial charge in [0.25, 0.3) is 0 Å². The number of hydrogen-bond acceptors (Lipinski definition) is 7. The zero-order valence-corrected chi connectivity index (χ0v) is 16.3. The molecule has 0 saturated carbocycles. The Morgan fingerprint density at radius 1 is 1.00 bits per heavy atom. The molecule has 0 bridgehead atoms. The first-order chi connectivity index (χ1) is 14.3. The van der Waals surface area contributed by atoms with Crippen molar-refractivity contribution in [2.45, 2.75) is 13.5 Å². The predicted octanol–water partition coefficient (Wildman–Crippen LogP) is 3.31. The number of hydrogen-bond donors (Lipinski definition) is 0. The summed E-state index contributed by atoms with van der Waals surface area (Å²) >= 11 is 0. The molecule has 3 aromatic heterocycles. The summed E-state index contributed by atoms with van der Waals surface area (Å²) in [5, 5.41) is 5.07. The lowest BCUT2D eigenvalue weighted by atomic mass is 10.2. The molecule has 0 N–H and O–H groups in total. The maximum absolute atomic E-state index is 5.37. The minimum Gasteiger partial charge on any atom is -0.360 e. The molecule has 0 amide bonds. The Hall–Kier alpha value is -3.32. The van der Waals surface area contributed by atoms with Crippen LogP contribution in [-0.2, 0) is 6.54 Å². The maximum Gasteiger partial charge on any atom is 0.163 e. The van der Waals surface area contributed by atoms with E-state index in [1.165, 1.54) is 0 Å². The van der Waals surface area contributed by atoms with Gasteiger partial charge in [0.1, 0.15) is 5.82 Å². The van der Waals surface area contributed by atoms with Crippen molar-refractivity contribution in [1.82, 2.24) is 25.0 Å². The summed E-state index contributed by atoms with van der Waals surface area (Å²) in [7, 11) is 0. The van der Waals surface area contributed by atoms with Gasteiger partial charge in [0, 0.05) is 55.6 Å². The molecule has 7 nitrogen and oxygen atoms in total. The zero-order chi connectivity index (χ0) is 19.6. The Morgan fingerprint density at radius 2 is 1.86 bits per heavy atom. The topological polar surface area (TPSA) is 71.2 Å². The highest BCUT2D eigenvalue weighted by Crippen LogP contribution is 2.28. The number of para-hydroxylation sites is 1. The molecular weight excluding hydrogens is 364 g/mol. The van der Waals surface area contributed by atoms with Crippen LogP contribution in [0.3, 0.4) is 0 Å². The summed E-state index contributed by atoms with van der Waals surface area (Å²) in [6, 6.07) is 14.1. The number of benzene rings is 1. The van der Waals surface area contributed by atoms with Gasteiger partial charge in [0.2, 0.25) is 0 Å². The number of aryl methyl sites for hydroxylation is 1. The summed E-state index contributed by atoms with van der Waals surface area (Å²) in [5.74, 6) is 2.62. The van der Waals surface area contributed by atoms with E-state index in [1.54, 1.807) is 6.20 Å². The summed E-state index contributed by atoms with van der Waals surface area (Å²) in [4.78, 5) is 18.7. The monoisotopic (exact) mass is 386 g/mol. The fourth-order valence-electron chi connectivity index (χ4n) is 3.75. The third-order valence-electron chi connectivity index (χ3n) is 5.23. The van der Waals surface area contributed by atoms with Crippen molar-refractivity contribution in [3.8, 4) is 11.4 Å². The van der Waals surface area contributed by atoms with Crippen molar-refractivity contribution < 1.29 is 4.52 Å². The summed E-state index contributed by atoms with van der Waals surface area (Å²) in [6.07, 6.45) is 3.58. The Balaban J connectivity index is 1.41. The average molecular weight is 386 g/mol. The number of aromatic nitrogens is 4. The normalized spacial score (nSPS) is 15.1. The highest BCUT2D eigenvalue weighted by atomic mass is 16.5. The van der Waals surface area contributed by atoms with Gasteiger partial charge in [-0.15, -0.1) is 0 Å². The van der Waals surface area contributed by atoms with Crippen LogP contribution in [0.2, 0.25) is 0 Å². The second-order valence-corrected chi connectivity index (χ2v) is 7.33. The molecule has 29 heavy (non-hydrogen) atoms. The highest BCUT2D eigenvalue weighted by molar-refractivity contribution is 5.91. The Bertz CT molecular complexity index is 1120. The van der Waals surface area contributed by atoms with Crippen LogP contribution in [0.1, 0.15) is 11.5 Å². The van der Waals surface area contributed by atoms with E-state index in [4.69, 9.17) is 14.5 Å². The van der Waals surface area contributed by atoms with Crippen molar-refractivity contribution >= 4 is 16.7 Å². The van der Waals surface area contributed by atoms with Crippen LogP contribution in [-0.4, -0.2) is 51.2 Å². The quantitative estimate of drug-likeness (QED) is 0.533. The number of piperazine rings is 1. The van der Waals surface area contributed by atoms with Crippen molar-refractivity contribution in [3.05, 3.63) is 66.3 Å². The minimum atomic E-state index is 0.714. The lowest BCUT2D eigenvalue weighted by Gasteiger charge is -2.35. The van der Waals surface area contributed by atoms with E-state index in [-0.39, 0.29) is 0 Å². The largest absolute Gasteiger partial charge is 0.360 e. The van der Waals surface area contributed by atoms with Crippen molar-refractivity contribution in [2.75, 3.05) is 31.1 Å². The first kappa shape index (κ1) is 17.8. The Kier molecular flexibility index (Phi) is 4.65. The van der Waals surface area contributed by atoms with Gasteiger partial charge in [-0.25, -0.2) is 9.97 Å². The van der Waals surface area contributed by atoms with Crippen LogP contribution in [0, 0.1) is 6.92 Å². The first-order valence-corrected chi connectivity index (χ1v) is 9.83. The van der Waals surface area contributed by atoms with E-state index in [0.29, 0.717) is 5.82 Å². The first-order valence-electron chi connectivity index (χ1n) is 9.83. The van der Waals surface area contributed by atoms with Crippen molar-refractivity contribution in [2.24, 2.45) is 0 Å². The van der Waals surface area contributed by atoms with Crippen LogP contribution < -0.4 is 4.90 Å². The van der Waals surface area contributed by atoms with E-state index in [9.17, 15) is 0 Å². The van der Waals surface area contributed by atoms with Gasteiger partial charge in [-0.3, -0.25) is 9.88 Å². The molecule has 0 aliphatic carbocycles. The summed E-state index contributed by atoms with van der Waals surface area (Å²) in [5.41, 5.74) is 2.81. The zero-order valence-electron chi connectivity index (χ0n) is 16.3. The highest BCUT2D eigenvalue weighted by Gasteiger charge is 2.22. The SMILES string of the molecule is Cc1cc(CN2CCN(c3nc(-c4cccnc4)nc4ccccc34)CC2)on1. The number of pyridine rings is 1. The van der Waals surface area contributed by atoms with Gasteiger partial charge in [0.05, 0.1) is 17.8 Å². The van der Waals surface area contributed by atoms with E-state index in [0.717, 1.165) is 66.5 Å². The molecule has 0 spiro atoms. The lowest BCUT2D eigenvalue weighted by molar-refractivity contribution is 0.219. The molecule has 4 heterocycles. The minimum absolute atomic E-state index is 0.714. The average Bonchev–Trinajstić information content (AvgIpc) is 3.18. The van der Waals surface area contributed by atoms with Gasteiger partial charge >= 0.3 is 0 Å². The molecule has 1 aromatic carbocycles. The van der Waals surface area contributed by atoms with Gasteiger partial charge < -0.3 is 9.42 Å². The van der Waals surface area contributed by atoms with Crippen LogP contribution in [0.5, 0.6) is 0 Å². The lowest BCUT2D eigenvalue weighted by Crippen LogP contribution is -2.46. The molecule has 7 heteroatoms. The molecular formula is C22H22N6O. The predicted molar refractivity (Wildman–Crippen MR) is 111 cm³/mol. The van der Waals surface area contributed by atoms with Crippen LogP contribution >= 0.6 is 0 Å². The molecule has 1 aliphatic rings. The number of nitrogens with zero attached hydrogens (tertiary/aromatic N) is 6. The fourth-order valence-corrected chi connectivity index (χ4v) is 3.75. The molecule has 5 rings (SSSR count). The molecule has 0 radical (unpaired) electrons. The van der Waals surface area contributed by atoms with Crippen molar-refractivity contribution in [1.29, 1.82) is 0 Å². The molecule has 0 unspecified atom stereocenters. The Morgan fingerprint density at radius 3 is 2.62 bits per heavy atom. The summed E-state index contributed by atoms with van der Waals surface area (Å²) in [6.45, 7) is 6.44. The molecule has 0 atom stereocenters. The third kappa shape index (κ3) is 3.69. The molecule has 1 aliphatic heterocycles. The molecule has 1 fully saturated rings. The number of fused-ring (bicyclic) bond motifs is 1. The van der Waals surface area contributed by atoms with Crippen molar-refractivity contribution in [3.63, 3.8) is 0 Å².